The molecule has 3 nitrogen and oxygen atoms in total. The third-order valence-corrected chi connectivity index (χ3v) is 3.46. The van der Waals surface area contributed by atoms with Gasteiger partial charge in [-0.25, -0.2) is 4.98 Å². The van der Waals surface area contributed by atoms with Crippen LogP contribution in [0.4, 0.5) is 11.5 Å². The largest absolute Gasteiger partial charge is 0.380 e. The highest BCUT2D eigenvalue weighted by Crippen LogP contribution is 2.18. The van der Waals surface area contributed by atoms with Gasteiger partial charge in [-0.2, -0.15) is 0 Å². The van der Waals surface area contributed by atoms with E-state index in [0.29, 0.717) is 0 Å². The van der Waals surface area contributed by atoms with Crippen LogP contribution in [0.2, 0.25) is 0 Å². The number of pyridine rings is 1. The van der Waals surface area contributed by atoms with E-state index in [2.05, 4.69) is 34.0 Å². The van der Waals surface area contributed by atoms with E-state index in [1.54, 1.807) is 17.5 Å². The summed E-state index contributed by atoms with van der Waals surface area (Å²) in [4.78, 5) is 5.55. The van der Waals surface area contributed by atoms with Crippen molar-refractivity contribution in [3.63, 3.8) is 0 Å². The quantitative estimate of drug-likeness (QED) is 0.852. The molecule has 2 heterocycles. The first kappa shape index (κ1) is 11.0. The van der Waals surface area contributed by atoms with Gasteiger partial charge in [0.2, 0.25) is 0 Å². The molecule has 0 fully saturated rings. The summed E-state index contributed by atoms with van der Waals surface area (Å²) in [5, 5.41) is 8.54. The molecule has 0 saturated carbocycles. The maximum absolute atomic E-state index is 4.17. The van der Waals surface area contributed by atoms with Crippen LogP contribution < -0.4 is 10.6 Å². The predicted molar refractivity (Wildman–Crippen MR) is 70.2 cm³/mol. The molecule has 0 unspecified atom stereocenters. The maximum Gasteiger partial charge on any atom is 0.127 e. The summed E-state index contributed by atoms with van der Waals surface area (Å²) in [6.07, 6.45) is 1.80. The number of thiophene rings is 1. The van der Waals surface area contributed by atoms with Crippen LogP contribution in [0.1, 0.15) is 10.4 Å². The number of aromatic nitrogens is 1. The molecule has 16 heavy (non-hydrogen) atoms. The molecular weight excluding hydrogens is 218 g/mol. The van der Waals surface area contributed by atoms with Gasteiger partial charge in [0.05, 0.1) is 0 Å². The van der Waals surface area contributed by atoms with E-state index in [1.807, 2.05) is 19.2 Å². The van der Waals surface area contributed by atoms with Gasteiger partial charge in [0.25, 0.3) is 0 Å². The Morgan fingerprint density at radius 3 is 2.94 bits per heavy atom. The molecular formula is C12H15N3S. The van der Waals surface area contributed by atoms with Crippen molar-refractivity contribution in [3.8, 4) is 0 Å². The highest BCUT2D eigenvalue weighted by molar-refractivity contribution is 7.10. The van der Waals surface area contributed by atoms with Crippen molar-refractivity contribution in [2.45, 2.75) is 13.5 Å². The second kappa shape index (κ2) is 4.99. The Morgan fingerprint density at radius 1 is 1.38 bits per heavy atom. The first-order valence-corrected chi connectivity index (χ1v) is 6.08. The average molecular weight is 233 g/mol. The van der Waals surface area contributed by atoms with E-state index in [9.17, 15) is 0 Å². The summed E-state index contributed by atoms with van der Waals surface area (Å²) in [6, 6.07) is 6.12. The third-order valence-electron chi connectivity index (χ3n) is 2.44. The Balaban J connectivity index is 2.02. The smallest absolute Gasteiger partial charge is 0.127 e. The number of anilines is 2. The van der Waals surface area contributed by atoms with Gasteiger partial charge >= 0.3 is 0 Å². The Labute approximate surface area is 99.5 Å². The molecule has 2 N–H and O–H groups in total. The highest BCUT2D eigenvalue weighted by atomic mass is 32.1. The Morgan fingerprint density at radius 2 is 2.25 bits per heavy atom. The molecule has 0 aliphatic carbocycles. The van der Waals surface area contributed by atoms with Gasteiger partial charge in [-0.1, -0.05) is 0 Å². The van der Waals surface area contributed by atoms with E-state index < -0.39 is 0 Å². The zero-order chi connectivity index (χ0) is 11.4. The fraction of sp³-hybridized carbons (Fsp3) is 0.250. The van der Waals surface area contributed by atoms with Crippen LogP contribution in [0.25, 0.3) is 0 Å². The zero-order valence-electron chi connectivity index (χ0n) is 9.45. The van der Waals surface area contributed by atoms with Gasteiger partial charge < -0.3 is 10.6 Å². The summed E-state index contributed by atoms with van der Waals surface area (Å²) < 4.78 is 0. The number of hydrogen-bond acceptors (Lipinski definition) is 4. The lowest BCUT2D eigenvalue weighted by Crippen LogP contribution is -2.00. The molecule has 0 aliphatic rings. The van der Waals surface area contributed by atoms with Crippen molar-refractivity contribution in [2.24, 2.45) is 0 Å². The SMILES string of the molecule is CNc1cc(NCc2sccc2C)ccn1. The Bertz CT molecular complexity index is 465. The van der Waals surface area contributed by atoms with Crippen LogP contribution in [-0.2, 0) is 6.54 Å². The van der Waals surface area contributed by atoms with Crippen LogP contribution in [-0.4, -0.2) is 12.0 Å². The maximum atomic E-state index is 4.17. The summed E-state index contributed by atoms with van der Waals surface area (Å²) >= 11 is 1.78. The molecule has 0 aromatic carbocycles. The van der Waals surface area contributed by atoms with Gasteiger partial charge in [0, 0.05) is 36.4 Å². The number of nitrogens with one attached hydrogen (secondary N) is 2. The number of aryl methyl sites for hydroxylation is 1. The van der Waals surface area contributed by atoms with Crippen LogP contribution in [0, 0.1) is 6.92 Å². The lowest BCUT2D eigenvalue weighted by Gasteiger charge is -2.07. The minimum Gasteiger partial charge on any atom is -0.380 e. The summed E-state index contributed by atoms with van der Waals surface area (Å²) in [7, 11) is 1.87. The molecule has 0 amide bonds. The van der Waals surface area contributed by atoms with E-state index in [1.165, 1.54) is 10.4 Å². The number of hydrogen-bond donors (Lipinski definition) is 2. The average Bonchev–Trinajstić information content (AvgIpc) is 2.72. The molecule has 0 saturated heterocycles. The lowest BCUT2D eigenvalue weighted by atomic mass is 10.3. The van der Waals surface area contributed by atoms with E-state index >= 15 is 0 Å². The monoisotopic (exact) mass is 233 g/mol. The second-order valence-electron chi connectivity index (χ2n) is 3.56. The molecule has 0 aliphatic heterocycles. The van der Waals surface area contributed by atoms with Crippen molar-refractivity contribution in [1.29, 1.82) is 0 Å². The molecule has 0 bridgehead atoms. The first-order valence-electron chi connectivity index (χ1n) is 5.20. The number of rotatable bonds is 4. The van der Waals surface area contributed by atoms with Crippen molar-refractivity contribution in [2.75, 3.05) is 17.7 Å². The fourth-order valence-corrected chi connectivity index (χ4v) is 2.29. The highest BCUT2D eigenvalue weighted by Gasteiger charge is 2.00. The zero-order valence-corrected chi connectivity index (χ0v) is 10.3. The second-order valence-corrected chi connectivity index (χ2v) is 4.56. The molecule has 2 aromatic rings. The molecule has 0 atom stereocenters. The van der Waals surface area contributed by atoms with E-state index in [-0.39, 0.29) is 0 Å². The minimum absolute atomic E-state index is 0.872. The Hall–Kier alpha value is -1.55. The number of nitrogens with zero attached hydrogens (tertiary/aromatic N) is 1. The van der Waals surface area contributed by atoms with E-state index in [0.717, 1.165) is 18.1 Å². The summed E-state index contributed by atoms with van der Waals surface area (Å²) in [6.45, 7) is 3.01. The van der Waals surface area contributed by atoms with Crippen LogP contribution in [0.5, 0.6) is 0 Å². The van der Waals surface area contributed by atoms with Crippen molar-refractivity contribution >= 4 is 22.8 Å². The fourth-order valence-electron chi connectivity index (χ4n) is 1.44. The standard InChI is InChI=1S/C12H15N3S/c1-9-4-6-16-11(9)8-15-10-3-5-14-12(7-10)13-2/h3-7H,8H2,1-2H3,(H2,13,14,15). The van der Waals surface area contributed by atoms with E-state index in [4.69, 9.17) is 0 Å². The van der Waals surface area contributed by atoms with Crippen LogP contribution in [0.3, 0.4) is 0 Å². The summed E-state index contributed by atoms with van der Waals surface area (Å²) in [5.74, 6) is 0.882. The lowest BCUT2D eigenvalue weighted by molar-refractivity contribution is 1.16. The van der Waals surface area contributed by atoms with Crippen molar-refractivity contribution in [3.05, 3.63) is 40.2 Å². The van der Waals surface area contributed by atoms with Gasteiger partial charge in [-0.3, -0.25) is 0 Å². The predicted octanol–water partition coefficient (Wildman–Crippen LogP) is 3.11. The molecule has 2 aromatic heterocycles. The molecule has 0 spiro atoms. The minimum atomic E-state index is 0.872. The third kappa shape index (κ3) is 2.52. The topological polar surface area (TPSA) is 37.0 Å². The van der Waals surface area contributed by atoms with Crippen molar-refractivity contribution in [1.82, 2.24) is 4.98 Å². The van der Waals surface area contributed by atoms with Gasteiger partial charge in [0.1, 0.15) is 5.82 Å². The molecule has 84 valence electrons. The van der Waals surface area contributed by atoms with Gasteiger partial charge in [0.15, 0.2) is 0 Å². The van der Waals surface area contributed by atoms with Crippen LogP contribution in [0.15, 0.2) is 29.8 Å². The van der Waals surface area contributed by atoms with Gasteiger partial charge in [-0.15, -0.1) is 11.3 Å². The molecule has 4 heteroatoms. The summed E-state index contributed by atoms with van der Waals surface area (Å²) in [5.41, 5.74) is 2.44. The molecule has 2 rings (SSSR count). The normalized spacial score (nSPS) is 10.1. The first-order chi connectivity index (χ1) is 7.79. The van der Waals surface area contributed by atoms with Crippen LogP contribution >= 0.6 is 11.3 Å². The Kier molecular flexibility index (Phi) is 3.41. The molecule has 0 radical (unpaired) electrons. The van der Waals surface area contributed by atoms with Crippen molar-refractivity contribution < 1.29 is 0 Å². The van der Waals surface area contributed by atoms with Gasteiger partial charge in [-0.05, 0) is 30.0 Å².